The van der Waals surface area contributed by atoms with Gasteiger partial charge < -0.3 is 10.4 Å². The second kappa shape index (κ2) is 6.51. The number of rotatable bonds is 6. The molecule has 0 saturated carbocycles. The number of carbonyl (C=O) groups is 2. The van der Waals surface area contributed by atoms with Gasteiger partial charge in [-0.25, -0.2) is 13.2 Å². The molecule has 0 heterocycles. The van der Waals surface area contributed by atoms with Crippen molar-refractivity contribution >= 4 is 21.7 Å². The number of hydrogen-bond donors (Lipinski definition) is 2. The SMILES string of the molecule is CC(C(=O)NCCc1ccc(C(=O)O)cc1)S(C)(=O)=O. The Balaban J connectivity index is 2.49. The summed E-state index contributed by atoms with van der Waals surface area (Å²) in [4.78, 5) is 22.2. The molecule has 0 radical (unpaired) electrons. The molecule has 0 aromatic heterocycles. The minimum Gasteiger partial charge on any atom is -0.478 e. The topological polar surface area (TPSA) is 101 Å². The number of sulfone groups is 1. The Morgan fingerprint density at radius 3 is 2.25 bits per heavy atom. The first-order valence-corrected chi connectivity index (χ1v) is 7.96. The first-order valence-electron chi connectivity index (χ1n) is 6.00. The molecular weight excluding hydrogens is 282 g/mol. The normalized spacial score (nSPS) is 12.7. The maximum Gasteiger partial charge on any atom is 0.335 e. The second-order valence-electron chi connectivity index (χ2n) is 4.51. The monoisotopic (exact) mass is 299 g/mol. The van der Waals surface area contributed by atoms with Gasteiger partial charge in [0.25, 0.3) is 0 Å². The lowest BCUT2D eigenvalue weighted by atomic mass is 10.1. The van der Waals surface area contributed by atoms with Crippen LogP contribution in [0.15, 0.2) is 24.3 Å². The summed E-state index contributed by atoms with van der Waals surface area (Å²) in [7, 11) is -3.39. The third kappa shape index (κ3) is 4.65. The highest BCUT2D eigenvalue weighted by atomic mass is 32.2. The highest BCUT2D eigenvalue weighted by Gasteiger charge is 2.22. The second-order valence-corrected chi connectivity index (χ2v) is 6.88. The van der Waals surface area contributed by atoms with Crippen molar-refractivity contribution in [2.45, 2.75) is 18.6 Å². The number of benzene rings is 1. The van der Waals surface area contributed by atoms with Crippen molar-refractivity contribution in [2.24, 2.45) is 0 Å². The average molecular weight is 299 g/mol. The standard InChI is InChI=1S/C13H17NO5S/c1-9(20(2,18)19)12(15)14-8-7-10-3-5-11(6-4-10)13(16)17/h3-6,9H,7-8H2,1-2H3,(H,14,15)(H,16,17). The van der Waals surface area contributed by atoms with Crippen molar-refractivity contribution in [1.29, 1.82) is 0 Å². The highest BCUT2D eigenvalue weighted by molar-refractivity contribution is 7.92. The Morgan fingerprint density at radius 1 is 1.25 bits per heavy atom. The number of carbonyl (C=O) groups excluding carboxylic acids is 1. The number of carboxylic acids is 1. The maximum absolute atomic E-state index is 11.6. The van der Waals surface area contributed by atoms with E-state index in [4.69, 9.17) is 5.11 Å². The van der Waals surface area contributed by atoms with Crippen LogP contribution in [0.1, 0.15) is 22.8 Å². The summed E-state index contributed by atoms with van der Waals surface area (Å²) in [6.07, 6.45) is 1.52. The Bertz CT molecular complexity index is 592. The lowest BCUT2D eigenvalue weighted by Crippen LogP contribution is -2.38. The van der Waals surface area contributed by atoms with Crippen molar-refractivity contribution < 1.29 is 23.1 Å². The fourth-order valence-electron chi connectivity index (χ4n) is 1.48. The van der Waals surface area contributed by atoms with Gasteiger partial charge in [-0.3, -0.25) is 4.79 Å². The van der Waals surface area contributed by atoms with Crippen LogP contribution >= 0.6 is 0 Å². The first-order chi connectivity index (χ1) is 9.21. The maximum atomic E-state index is 11.6. The van der Waals surface area contributed by atoms with E-state index in [1.54, 1.807) is 12.1 Å². The Hall–Kier alpha value is -1.89. The number of aromatic carboxylic acids is 1. The van der Waals surface area contributed by atoms with Gasteiger partial charge in [-0.1, -0.05) is 12.1 Å². The summed E-state index contributed by atoms with van der Waals surface area (Å²) >= 11 is 0. The van der Waals surface area contributed by atoms with E-state index in [9.17, 15) is 18.0 Å². The van der Waals surface area contributed by atoms with Crippen LogP contribution < -0.4 is 5.32 Å². The Morgan fingerprint density at radius 2 is 1.80 bits per heavy atom. The van der Waals surface area contributed by atoms with Crippen molar-refractivity contribution in [3.05, 3.63) is 35.4 Å². The number of carboxylic acid groups (broad SMARTS) is 1. The van der Waals surface area contributed by atoms with Crippen molar-refractivity contribution in [2.75, 3.05) is 12.8 Å². The molecule has 0 spiro atoms. The van der Waals surface area contributed by atoms with E-state index in [0.29, 0.717) is 13.0 Å². The molecule has 1 aromatic carbocycles. The molecular formula is C13H17NO5S. The molecule has 1 amide bonds. The quantitative estimate of drug-likeness (QED) is 0.795. The fourth-order valence-corrected chi connectivity index (χ4v) is 1.95. The van der Waals surface area contributed by atoms with E-state index < -0.39 is 27.0 Å². The van der Waals surface area contributed by atoms with Crippen LogP contribution in [-0.2, 0) is 21.1 Å². The third-order valence-corrected chi connectivity index (χ3v) is 4.42. The minimum atomic E-state index is -3.39. The van der Waals surface area contributed by atoms with Crippen LogP contribution in [0.5, 0.6) is 0 Å². The molecule has 0 bridgehead atoms. The zero-order valence-electron chi connectivity index (χ0n) is 11.3. The van der Waals surface area contributed by atoms with Gasteiger partial charge in [0.05, 0.1) is 5.56 Å². The first kappa shape index (κ1) is 16.2. The lowest BCUT2D eigenvalue weighted by molar-refractivity contribution is -0.120. The fraction of sp³-hybridized carbons (Fsp3) is 0.385. The van der Waals surface area contributed by atoms with Crippen molar-refractivity contribution in [3.8, 4) is 0 Å². The lowest BCUT2D eigenvalue weighted by Gasteiger charge is -2.10. The van der Waals surface area contributed by atoms with Gasteiger partial charge in [-0.15, -0.1) is 0 Å². The van der Waals surface area contributed by atoms with Crippen molar-refractivity contribution in [1.82, 2.24) is 5.32 Å². The van der Waals surface area contributed by atoms with Crippen LogP contribution in [0.2, 0.25) is 0 Å². The molecule has 0 aliphatic heterocycles. The van der Waals surface area contributed by atoms with Crippen LogP contribution in [0, 0.1) is 0 Å². The van der Waals surface area contributed by atoms with Gasteiger partial charge in [-0.05, 0) is 31.0 Å². The van der Waals surface area contributed by atoms with Gasteiger partial charge in [0.2, 0.25) is 5.91 Å². The molecule has 1 rings (SSSR count). The molecule has 2 N–H and O–H groups in total. The van der Waals surface area contributed by atoms with Gasteiger partial charge in [-0.2, -0.15) is 0 Å². The van der Waals surface area contributed by atoms with Crippen LogP contribution in [0.3, 0.4) is 0 Å². The van der Waals surface area contributed by atoms with E-state index in [1.807, 2.05) is 0 Å². The van der Waals surface area contributed by atoms with E-state index in [0.717, 1.165) is 11.8 Å². The molecule has 0 aliphatic rings. The molecule has 1 aromatic rings. The predicted molar refractivity (Wildman–Crippen MR) is 74.4 cm³/mol. The van der Waals surface area contributed by atoms with Crippen molar-refractivity contribution in [3.63, 3.8) is 0 Å². The molecule has 1 unspecified atom stereocenters. The molecule has 110 valence electrons. The Kier molecular flexibility index (Phi) is 5.26. The Labute approximate surface area is 117 Å². The number of hydrogen-bond acceptors (Lipinski definition) is 4. The van der Waals surface area contributed by atoms with Crippen LogP contribution in [-0.4, -0.2) is 43.5 Å². The average Bonchev–Trinajstić information content (AvgIpc) is 2.37. The van der Waals surface area contributed by atoms with Gasteiger partial charge in [0.15, 0.2) is 9.84 Å². The summed E-state index contributed by atoms with van der Waals surface area (Å²) in [5, 5.41) is 10.2. The van der Waals surface area contributed by atoms with E-state index in [1.165, 1.54) is 19.1 Å². The molecule has 1 atom stereocenters. The van der Waals surface area contributed by atoms with Gasteiger partial charge in [0.1, 0.15) is 5.25 Å². The van der Waals surface area contributed by atoms with Crippen LogP contribution in [0.25, 0.3) is 0 Å². The third-order valence-electron chi connectivity index (χ3n) is 2.93. The molecule has 20 heavy (non-hydrogen) atoms. The number of amides is 1. The minimum absolute atomic E-state index is 0.198. The smallest absolute Gasteiger partial charge is 0.335 e. The molecule has 0 aliphatic carbocycles. The summed E-state index contributed by atoms with van der Waals surface area (Å²) in [5.41, 5.74) is 1.06. The number of nitrogens with one attached hydrogen (secondary N) is 1. The molecule has 6 nitrogen and oxygen atoms in total. The van der Waals surface area contributed by atoms with Gasteiger partial charge in [0, 0.05) is 12.8 Å². The van der Waals surface area contributed by atoms with Gasteiger partial charge >= 0.3 is 5.97 Å². The molecule has 7 heteroatoms. The van der Waals surface area contributed by atoms with E-state index in [-0.39, 0.29) is 5.56 Å². The largest absolute Gasteiger partial charge is 0.478 e. The zero-order chi connectivity index (χ0) is 15.3. The summed E-state index contributed by atoms with van der Waals surface area (Å²) < 4.78 is 22.4. The summed E-state index contributed by atoms with van der Waals surface area (Å²) in [5.74, 6) is -1.53. The molecule has 0 fully saturated rings. The zero-order valence-corrected chi connectivity index (χ0v) is 12.1. The highest BCUT2D eigenvalue weighted by Crippen LogP contribution is 2.05. The van der Waals surface area contributed by atoms with E-state index >= 15 is 0 Å². The summed E-state index contributed by atoms with van der Waals surface area (Å²) in [6.45, 7) is 1.64. The molecule has 0 saturated heterocycles. The van der Waals surface area contributed by atoms with E-state index in [2.05, 4.69) is 5.32 Å². The predicted octanol–water partition coefficient (Wildman–Crippen LogP) is 0.477. The summed E-state index contributed by atoms with van der Waals surface area (Å²) in [6, 6.07) is 6.29. The van der Waals surface area contributed by atoms with Crippen LogP contribution in [0.4, 0.5) is 0 Å².